The normalized spacial score (nSPS) is 12.7. The lowest BCUT2D eigenvalue weighted by Gasteiger charge is -2.09. The Morgan fingerprint density at radius 1 is 1.43 bits per heavy atom. The molecule has 1 N–H and O–H groups in total. The molecule has 0 radical (unpaired) electrons. The summed E-state index contributed by atoms with van der Waals surface area (Å²) in [4.78, 5) is 4.99. The van der Waals surface area contributed by atoms with Gasteiger partial charge in [-0.3, -0.25) is 4.98 Å². The van der Waals surface area contributed by atoms with Crippen LogP contribution in [0.25, 0.3) is 0 Å². The van der Waals surface area contributed by atoms with E-state index in [1.165, 1.54) is 0 Å². The van der Waals surface area contributed by atoms with Gasteiger partial charge in [-0.25, -0.2) is 0 Å². The first kappa shape index (κ1) is 9.37. The molecule has 0 aliphatic heterocycles. The smallest absolute Gasteiger partial charge is 0.115 e. The van der Waals surface area contributed by atoms with Gasteiger partial charge in [0.15, 0.2) is 0 Å². The zero-order valence-corrected chi connectivity index (χ0v) is 8.66. The minimum absolute atomic E-state index is 0.538. The molecule has 0 aliphatic carbocycles. The highest BCUT2D eigenvalue weighted by Crippen LogP contribution is 2.28. The number of hydrogen-bond acceptors (Lipinski definition) is 3. The van der Waals surface area contributed by atoms with E-state index in [1.54, 1.807) is 23.7 Å². The topological polar surface area (TPSA) is 33.1 Å². The van der Waals surface area contributed by atoms with Crippen LogP contribution in [-0.2, 0) is 0 Å². The lowest BCUT2D eigenvalue weighted by molar-refractivity contribution is 0.223. The van der Waals surface area contributed by atoms with Crippen LogP contribution in [0.5, 0.6) is 0 Å². The average Bonchev–Trinajstić information content (AvgIpc) is 2.65. The molecule has 0 amide bonds. The van der Waals surface area contributed by atoms with E-state index in [0.29, 0.717) is 0 Å². The molecule has 2 rings (SSSR count). The van der Waals surface area contributed by atoms with Crippen LogP contribution in [0, 0.1) is 6.92 Å². The first-order valence-electron chi connectivity index (χ1n) is 4.41. The van der Waals surface area contributed by atoms with Crippen LogP contribution in [0.3, 0.4) is 0 Å². The van der Waals surface area contributed by atoms with Gasteiger partial charge < -0.3 is 5.11 Å². The second-order valence-electron chi connectivity index (χ2n) is 3.16. The Bertz CT molecular complexity index is 410. The number of aliphatic hydroxyl groups excluding tert-OH is 1. The molecule has 0 spiro atoms. The van der Waals surface area contributed by atoms with Crippen molar-refractivity contribution in [3.8, 4) is 0 Å². The van der Waals surface area contributed by atoms with Crippen LogP contribution in [0.1, 0.15) is 22.1 Å². The highest BCUT2D eigenvalue weighted by atomic mass is 32.1. The molecule has 1 unspecified atom stereocenters. The summed E-state index contributed by atoms with van der Waals surface area (Å²) in [6, 6.07) is 5.73. The van der Waals surface area contributed by atoms with Crippen LogP contribution in [0.4, 0.5) is 0 Å². The number of aromatic nitrogens is 1. The molecule has 2 aromatic heterocycles. The van der Waals surface area contributed by atoms with Crippen molar-refractivity contribution in [2.75, 3.05) is 0 Å². The van der Waals surface area contributed by atoms with Gasteiger partial charge in [-0.15, -0.1) is 11.3 Å². The summed E-state index contributed by atoms with van der Waals surface area (Å²) in [6.07, 6.45) is 2.87. The molecule has 3 heteroatoms. The van der Waals surface area contributed by atoms with Crippen molar-refractivity contribution >= 4 is 11.3 Å². The summed E-state index contributed by atoms with van der Waals surface area (Å²) >= 11 is 1.57. The average molecular weight is 205 g/mol. The molecule has 2 nitrogen and oxygen atoms in total. The molecule has 0 saturated heterocycles. The first-order chi connectivity index (χ1) is 6.79. The van der Waals surface area contributed by atoms with Crippen LogP contribution >= 0.6 is 11.3 Å². The fraction of sp³-hybridized carbons (Fsp3) is 0.182. The Morgan fingerprint density at radius 2 is 2.29 bits per heavy atom. The zero-order chi connectivity index (χ0) is 9.97. The predicted octanol–water partition coefficient (Wildman–Crippen LogP) is 2.53. The Kier molecular flexibility index (Phi) is 2.61. The van der Waals surface area contributed by atoms with Gasteiger partial charge in [-0.05, 0) is 30.0 Å². The van der Waals surface area contributed by atoms with Gasteiger partial charge in [0, 0.05) is 22.8 Å². The van der Waals surface area contributed by atoms with Gasteiger partial charge in [-0.2, -0.15) is 0 Å². The van der Waals surface area contributed by atoms with E-state index in [4.69, 9.17) is 0 Å². The van der Waals surface area contributed by atoms with Gasteiger partial charge in [-0.1, -0.05) is 6.07 Å². The van der Waals surface area contributed by atoms with Crippen molar-refractivity contribution in [1.29, 1.82) is 0 Å². The van der Waals surface area contributed by atoms with Gasteiger partial charge >= 0.3 is 0 Å². The largest absolute Gasteiger partial charge is 0.383 e. The van der Waals surface area contributed by atoms with E-state index in [1.807, 2.05) is 30.5 Å². The van der Waals surface area contributed by atoms with Crippen molar-refractivity contribution in [3.05, 3.63) is 52.0 Å². The van der Waals surface area contributed by atoms with Crippen molar-refractivity contribution in [2.45, 2.75) is 13.0 Å². The maximum atomic E-state index is 10.0. The number of hydrogen-bond donors (Lipinski definition) is 1. The number of aryl methyl sites for hydroxylation is 1. The highest BCUT2D eigenvalue weighted by Gasteiger charge is 2.13. The standard InChI is InChI=1S/C11H11NOS/c1-8-4-6-14-11(8)10(13)9-3-2-5-12-7-9/h2-7,10,13H,1H3. The maximum Gasteiger partial charge on any atom is 0.115 e. The first-order valence-corrected chi connectivity index (χ1v) is 5.29. The quantitative estimate of drug-likeness (QED) is 0.817. The lowest BCUT2D eigenvalue weighted by Crippen LogP contribution is -1.98. The monoisotopic (exact) mass is 205 g/mol. The second kappa shape index (κ2) is 3.90. The Balaban J connectivity index is 2.34. The van der Waals surface area contributed by atoms with E-state index in [0.717, 1.165) is 16.0 Å². The summed E-state index contributed by atoms with van der Waals surface area (Å²) in [7, 11) is 0. The molecule has 1 atom stereocenters. The summed E-state index contributed by atoms with van der Waals surface area (Å²) < 4.78 is 0. The third kappa shape index (κ3) is 1.69. The van der Waals surface area contributed by atoms with Gasteiger partial charge in [0.1, 0.15) is 6.10 Å². The minimum Gasteiger partial charge on any atom is -0.383 e. The third-order valence-corrected chi connectivity index (χ3v) is 3.22. The predicted molar refractivity (Wildman–Crippen MR) is 57.4 cm³/mol. The summed E-state index contributed by atoms with van der Waals surface area (Å²) in [5.74, 6) is 0. The molecule has 0 aliphatic rings. The molecule has 0 saturated carbocycles. The third-order valence-electron chi connectivity index (χ3n) is 2.15. The van der Waals surface area contributed by atoms with Crippen LogP contribution in [-0.4, -0.2) is 10.1 Å². The van der Waals surface area contributed by atoms with Crippen LogP contribution in [0.15, 0.2) is 36.0 Å². The molecule has 14 heavy (non-hydrogen) atoms. The van der Waals surface area contributed by atoms with E-state index < -0.39 is 6.10 Å². The van der Waals surface area contributed by atoms with Crippen molar-refractivity contribution in [3.63, 3.8) is 0 Å². The molecule has 0 bridgehead atoms. The fourth-order valence-corrected chi connectivity index (χ4v) is 2.29. The number of rotatable bonds is 2. The van der Waals surface area contributed by atoms with Crippen LogP contribution < -0.4 is 0 Å². The number of pyridine rings is 1. The minimum atomic E-state index is -0.538. The molecular formula is C11H11NOS. The van der Waals surface area contributed by atoms with E-state index in [2.05, 4.69) is 4.98 Å². The van der Waals surface area contributed by atoms with Crippen molar-refractivity contribution < 1.29 is 5.11 Å². The Hall–Kier alpha value is -1.19. The van der Waals surface area contributed by atoms with E-state index >= 15 is 0 Å². The van der Waals surface area contributed by atoms with Crippen molar-refractivity contribution in [2.24, 2.45) is 0 Å². The number of aliphatic hydroxyl groups is 1. The van der Waals surface area contributed by atoms with E-state index in [9.17, 15) is 5.11 Å². The molecule has 0 fully saturated rings. The SMILES string of the molecule is Cc1ccsc1C(O)c1cccnc1. The lowest BCUT2D eigenvalue weighted by atomic mass is 10.1. The van der Waals surface area contributed by atoms with Gasteiger partial charge in [0.2, 0.25) is 0 Å². The maximum absolute atomic E-state index is 10.0. The molecule has 72 valence electrons. The number of nitrogens with zero attached hydrogens (tertiary/aromatic N) is 1. The van der Waals surface area contributed by atoms with Gasteiger partial charge in [0.25, 0.3) is 0 Å². The molecule has 0 aromatic carbocycles. The second-order valence-corrected chi connectivity index (χ2v) is 4.10. The zero-order valence-electron chi connectivity index (χ0n) is 7.84. The summed E-state index contributed by atoms with van der Waals surface area (Å²) in [5, 5.41) is 12.0. The van der Waals surface area contributed by atoms with Crippen LogP contribution in [0.2, 0.25) is 0 Å². The molecule has 2 aromatic rings. The number of thiophene rings is 1. The Morgan fingerprint density at radius 3 is 2.86 bits per heavy atom. The summed E-state index contributed by atoms with van der Waals surface area (Å²) in [5.41, 5.74) is 1.98. The molecule has 2 heterocycles. The van der Waals surface area contributed by atoms with E-state index in [-0.39, 0.29) is 0 Å². The molecular weight excluding hydrogens is 194 g/mol. The fourth-order valence-electron chi connectivity index (χ4n) is 1.35. The van der Waals surface area contributed by atoms with Gasteiger partial charge in [0.05, 0.1) is 0 Å². The highest BCUT2D eigenvalue weighted by molar-refractivity contribution is 7.10. The van der Waals surface area contributed by atoms with Crippen molar-refractivity contribution in [1.82, 2.24) is 4.98 Å². The summed E-state index contributed by atoms with van der Waals surface area (Å²) in [6.45, 7) is 2.01. The Labute approximate surface area is 86.9 Å².